The molecule has 2 N–H and O–H groups in total. The Hall–Kier alpha value is -2.13. The van der Waals surface area contributed by atoms with Crippen molar-refractivity contribution in [1.29, 1.82) is 0 Å². The zero-order chi connectivity index (χ0) is 18.6. The average Bonchev–Trinajstić information content (AvgIpc) is 2.52. The van der Waals surface area contributed by atoms with Crippen LogP contribution in [-0.4, -0.2) is 22.7 Å². The van der Waals surface area contributed by atoms with Crippen LogP contribution < -0.4 is 10.1 Å². The predicted molar refractivity (Wildman–Crippen MR) is 93.5 cm³/mol. The predicted octanol–water partition coefficient (Wildman–Crippen LogP) is 4.31. The van der Waals surface area contributed by atoms with Crippen molar-refractivity contribution in [3.8, 4) is 5.75 Å². The zero-order valence-corrected chi connectivity index (χ0v) is 14.9. The number of rotatable bonds is 6. The molecule has 0 aliphatic carbocycles. The van der Waals surface area contributed by atoms with Gasteiger partial charge >= 0.3 is 5.97 Å². The van der Waals surface area contributed by atoms with Crippen LogP contribution in [0.5, 0.6) is 5.75 Å². The zero-order valence-electron chi connectivity index (χ0n) is 12.5. The highest BCUT2D eigenvalue weighted by molar-refractivity contribution is 9.10. The molecular formula is C16H11BrF3NO3S. The molecule has 0 spiro atoms. The Morgan fingerprint density at radius 3 is 2.48 bits per heavy atom. The lowest BCUT2D eigenvalue weighted by molar-refractivity contribution is -0.139. The largest absolute Gasteiger partial charge is 0.480 e. The maximum absolute atomic E-state index is 13.8. The van der Waals surface area contributed by atoms with E-state index in [0.717, 1.165) is 6.07 Å². The smallest absolute Gasteiger partial charge is 0.341 e. The van der Waals surface area contributed by atoms with Crippen LogP contribution >= 0.6 is 28.1 Å². The monoisotopic (exact) mass is 433 g/mol. The fraction of sp³-hybridized carbons (Fsp3) is 0.125. The topological polar surface area (TPSA) is 58.6 Å². The molecule has 9 heteroatoms. The average molecular weight is 434 g/mol. The van der Waals surface area contributed by atoms with Gasteiger partial charge in [-0.2, -0.15) is 0 Å². The molecule has 0 bridgehead atoms. The van der Waals surface area contributed by atoms with Crippen LogP contribution in [0, 0.1) is 17.5 Å². The van der Waals surface area contributed by atoms with E-state index in [1.54, 1.807) is 6.07 Å². The highest BCUT2D eigenvalue weighted by Crippen LogP contribution is 2.28. The Bertz CT molecular complexity index is 833. The lowest BCUT2D eigenvalue weighted by Crippen LogP contribution is -2.16. The number of halogens is 4. The minimum absolute atomic E-state index is 0.00577. The van der Waals surface area contributed by atoms with E-state index in [2.05, 4.69) is 21.2 Å². The molecule has 0 heterocycles. The van der Waals surface area contributed by atoms with Gasteiger partial charge in [-0.3, -0.25) is 0 Å². The number of aliphatic carboxylic acids is 1. The van der Waals surface area contributed by atoms with E-state index in [-0.39, 0.29) is 22.8 Å². The third-order valence-electron chi connectivity index (χ3n) is 3.01. The molecule has 0 saturated heterocycles. The number of thiocarbonyl (C=S) groups is 1. The minimum atomic E-state index is -1.28. The van der Waals surface area contributed by atoms with Crippen molar-refractivity contribution in [2.24, 2.45) is 0 Å². The van der Waals surface area contributed by atoms with Crippen molar-refractivity contribution in [2.75, 3.05) is 11.9 Å². The lowest BCUT2D eigenvalue weighted by Gasteiger charge is -2.14. The molecule has 132 valence electrons. The van der Waals surface area contributed by atoms with Crippen LogP contribution in [0.4, 0.5) is 18.9 Å². The van der Waals surface area contributed by atoms with Gasteiger partial charge in [0.2, 0.25) is 0 Å². The fourth-order valence-electron chi connectivity index (χ4n) is 1.92. The summed E-state index contributed by atoms with van der Waals surface area (Å²) >= 11 is 8.24. The second kappa shape index (κ2) is 8.30. The van der Waals surface area contributed by atoms with Gasteiger partial charge in [-0.05, 0) is 17.7 Å². The van der Waals surface area contributed by atoms with E-state index in [1.807, 2.05) is 0 Å². The number of carboxylic acid groups (broad SMARTS) is 1. The Kier molecular flexibility index (Phi) is 6.38. The van der Waals surface area contributed by atoms with Gasteiger partial charge in [-0.15, -0.1) is 0 Å². The summed E-state index contributed by atoms with van der Waals surface area (Å²) in [4.78, 5) is 10.7. The number of hydrogen-bond donors (Lipinski definition) is 2. The van der Waals surface area contributed by atoms with Crippen LogP contribution in [0.1, 0.15) is 5.56 Å². The van der Waals surface area contributed by atoms with E-state index >= 15 is 0 Å². The summed E-state index contributed by atoms with van der Waals surface area (Å²) in [5.41, 5.74) is 0.249. The molecule has 0 aromatic heterocycles. The first kappa shape index (κ1) is 19.2. The Balaban J connectivity index is 2.18. The SMILES string of the molecule is O=C(O)COc1cc(F)c(F)cc1NC(=S)Cc1ccc(Br)cc1F. The molecule has 2 aromatic carbocycles. The molecule has 2 aromatic rings. The fourth-order valence-corrected chi connectivity index (χ4v) is 2.52. The number of hydrogen-bond acceptors (Lipinski definition) is 3. The number of nitrogens with one attached hydrogen (secondary N) is 1. The summed E-state index contributed by atoms with van der Waals surface area (Å²) in [5, 5.41) is 11.3. The van der Waals surface area contributed by atoms with E-state index in [0.29, 0.717) is 16.1 Å². The van der Waals surface area contributed by atoms with Gasteiger partial charge in [-0.25, -0.2) is 18.0 Å². The number of carboxylic acids is 1. The van der Waals surface area contributed by atoms with Gasteiger partial charge in [0.1, 0.15) is 11.6 Å². The van der Waals surface area contributed by atoms with Gasteiger partial charge in [0.15, 0.2) is 18.2 Å². The van der Waals surface area contributed by atoms with Crippen molar-refractivity contribution in [3.05, 3.63) is 57.8 Å². The molecule has 0 aliphatic heterocycles. The molecule has 0 aliphatic rings. The second-order valence-electron chi connectivity index (χ2n) is 4.91. The molecule has 0 amide bonds. The van der Waals surface area contributed by atoms with Gasteiger partial charge < -0.3 is 15.2 Å². The number of benzene rings is 2. The van der Waals surface area contributed by atoms with E-state index in [9.17, 15) is 18.0 Å². The lowest BCUT2D eigenvalue weighted by atomic mass is 10.1. The normalized spacial score (nSPS) is 10.4. The number of anilines is 1. The summed E-state index contributed by atoms with van der Waals surface area (Å²) in [5.74, 6) is -4.35. The van der Waals surface area contributed by atoms with Crippen LogP contribution in [0.2, 0.25) is 0 Å². The molecular weight excluding hydrogens is 423 g/mol. The maximum Gasteiger partial charge on any atom is 0.341 e. The van der Waals surface area contributed by atoms with E-state index < -0.39 is 30.0 Å². The first-order valence-electron chi connectivity index (χ1n) is 6.83. The standard InChI is InChI=1S/C16H11BrF3NO3S/c17-9-2-1-8(10(18)4-9)3-15(25)21-13-5-11(19)12(20)6-14(13)24-7-16(22)23/h1-2,4-6H,3,7H2,(H,21,25)(H,22,23). The van der Waals surface area contributed by atoms with Crippen molar-refractivity contribution in [3.63, 3.8) is 0 Å². The third kappa shape index (κ3) is 5.43. The first-order chi connectivity index (χ1) is 11.8. The number of carbonyl (C=O) groups is 1. The molecule has 25 heavy (non-hydrogen) atoms. The molecule has 0 saturated carbocycles. The summed E-state index contributed by atoms with van der Waals surface area (Å²) in [6.07, 6.45) is 0.00577. The van der Waals surface area contributed by atoms with Crippen LogP contribution in [0.15, 0.2) is 34.8 Å². The van der Waals surface area contributed by atoms with Crippen molar-refractivity contribution >= 4 is 44.8 Å². The molecule has 4 nitrogen and oxygen atoms in total. The molecule has 0 radical (unpaired) electrons. The molecule has 0 fully saturated rings. The quantitative estimate of drug-likeness (QED) is 0.664. The second-order valence-corrected chi connectivity index (χ2v) is 6.31. The summed E-state index contributed by atoms with van der Waals surface area (Å²) in [7, 11) is 0. The van der Waals surface area contributed by atoms with Gasteiger partial charge in [-0.1, -0.05) is 34.2 Å². The highest BCUT2D eigenvalue weighted by Gasteiger charge is 2.14. The Morgan fingerprint density at radius 1 is 1.16 bits per heavy atom. The van der Waals surface area contributed by atoms with Gasteiger partial charge in [0.05, 0.1) is 10.7 Å². The first-order valence-corrected chi connectivity index (χ1v) is 8.04. The van der Waals surface area contributed by atoms with Crippen molar-refractivity contribution < 1.29 is 27.8 Å². The number of ether oxygens (including phenoxy) is 1. The van der Waals surface area contributed by atoms with Crippen LogP contribution in [0.25, 0.3) is 0 Å². The summed E-state index contributed by atoms with van der Waals surface area (Å²) in [6.45, 7) is -0.742. The van der Waals surface area contributed by atoms with Crippen LogP contribution in [-0.2, 0) is 11.2 Å². The van der Waals surface area contributed by atoms with E-state index in [1.165, 1.54) is 12.1 Å². The van der Waals surface area contributed by atoms with Crippen LogP contribution in [0.3, 0.4) is 0 Å². The third-order valence-corrected chi connectivity index (χ3v) is 3.75. The summed E-state index contributed by atoms with van der Waals surface area (Å²) in [6, 6.07) is 5.94. The Labute approximate surface area is 154 Å². The molecule has 0 atom stereocenters. The van der Waals surface area contributed by atoms with Crippen molar-refractivity contribution in [2.45, 2.75) is 6.42 Å². The Morgan fingerprint density at radius 2 is 1.84 bits per heavy atom. The van der Waals surface area contributed by atoms with Gasteiger partial charge in [0.25, 0.3) is 0 Å². The van der Waals surface area contributed by atoms with Crippen molar-refractivity contribution in [1.82, 2.24) is 0 Å². The minimum Gasteiger partial charge on any atom is -0.480 e. The highest BCUT2D eigenvalue weighted by atomic mass is 79.9. The van der Waals surface area contributed by atoms with E-state index in [4.69, 9.17) is 22.1 Å². The molecule has 0 unspecified atom stereocenters. The maximum atomic E-state index is 13.8. The molecule has 2 rings (SSSR count). The van der Waals surface area contributed by atoms with Gasteiger partial charge in [0, 0.05) is 23.0 Å². The summed E-state index contributed by atoms with van der Waals surface area (Å²) < 4.78 is 46.1.